The predicted octanol–water partition coefficient (Wildman–Crippen LogP) is 3.35. The van der Waals surface area contributed by atoms with Crippen molar-refractivity contribution in [3.8, 4) is 0 Å². The second-order valence-corrected chi connectivity index (χ2v) is 5.51. The van der Waals surface area contributed by atoms with Crippen molar-refractivity contribution in [3.05, 3.63) is 30.1 Å². The van der Waals surface area contributed by atoms with Crippen molar-refractivity contribution in [2.75, 3.05) is 5.75 Å². The fourth-order valence-electron chi connectivity index (χ4n) is 1.95. The van der Waals surface area contributed by atoms with Gasteiger partial charge in [0.1, 0.15) is 5.82 Å². The first-order valence-corrected chi connectivity index (χ1v) is 7.46. The van der Waals surface area contributed by atoms with E-state index >= 15 is 0 Å². The Morgan fingerprint density at radius 3 is 2.74 bits per heavy atom. The van der Waals surface area contributed by atoms with Gasteiger partial charge in [0.25, 0.3) is 0 Å². The van der Waals surface area contributed by atoms with Gasteiger partial charge in [0.2, 0.25) is 5.91 Å². The number of carbonyl (C=O) groups is 1. The number of amides is 1. The zero-order chi connectivity index (χ0) is 13.5. The van der Waals surface area contributed by atoms with E-state index in [0.29, 0.717) is 4.90 Å². The zero-order valence-electron chi connectivity index (χ0n) is 10.7. The highest BCUT2D eigenvalue weighted by Gasteiger charge is 2.08. The number of nitrogens with zero attached hydrogens (tertiary/aromatic N) is 1. The monoisotopic (exact) mass is 280 g/mol. The largest absolute Gasteiger partial charge is 0.272 e. The van der Waals surface area contributed by atoms with Crippen LogP contribution >= 0.6 is 11.8 Å². The molecule has 0 heterocycles. The van der Waals surface area contributed by atoms with Crippen LogP contribution in [-0.4, -0.2) is 17.4 Å². The molecule has 2 rings (SSSR count). The molecule has 1 fully saturated rings. The maximum absolute atomic E-state index is 13.3. The highest BCUT2D eigenvalue weighted by Crippen LogP contribution is 2.20. The summed E-state index contributed by atoms with van der Waals surface area (Å²) in [5.74, 6) is -0.303. The molecule has 0 saturated heterocycles. The summed E-state index contributed by atoms with van der Waals surface area (Å²) in [5, 5.41) is 4.13. The summed E-state index contributed by atoms with van der Waals surface area (Å²) < 4.78 is 13.3. The zero-order valence-corrected chi connectivity index (χ0v) is 11.5. The average Bonchev–Trinajstić information content (AvgIpc) is 2.45. The van der Waals surface area contributed by atoms with Crippen molar-refractivity contribution in [2.45, 2.75) is 37.0 Å². The van der Waals surface area contributed by atoms with Crippen molar-refractivity contribution < 1.29 is 9.18 Å². The topological polar surface area (TPSA) is 41.5 Å². The third kappa shape index (κ3) is 4.67. The van der Waals surface area contributed by atoms with Crippen molar-refractivity contribution in [1.29, 1.82) is 0 Å². The Kier molecular flexibility index (Phi) is 5.39. The summed E-state index contributed by atoms with van der Waals surface area (Å²) in [4.78, 5) is 12.1. The Hall–Kier alpha value is -1.36. The molecule has 0 aromatic heterocycles. The van der Waals surface area contributed by atoms with Gasteiger partial charge in [-0.05, 0) is 37.8 Å². The van der Waals surface area contributed by atoms with Crippen molar-refractivity contribution >= 4 is 23.4 Å². The number of benzene rings is 1. The van der Waals surface area contributed by atoms with Crippen LogP contribution in [0.25, 0.3) is 0 Å². The Balaban J connectivity index is 1.77. The van der Waals surface area contributed by atoms with Gasteiger partial charge < -0.3 is 0 Å². The number of hydrogen-bond acceptors (Lipinski definition) is 3. The molecule has 19 heavy (non-hydrogen) atoms. The summed E-state index contributed by atoms with van der Waals surface area (Å²) in [6.07, 6.45) is 5.49. The van der Waals surface area contributed by atoms with Crippen LogP contribution in [0.5, 0.6) is 0 Å². The fraction of sp³-hybridized carbons (Fsp3) is 0.429. The van der Waals surface area contributed by atoms with Crippen LogP contribution in [0.3, 0.4) is 0 Å². The van der Waals surface area contributed by atoms with E-state index in [-0.39, 0.29) is 17.5 Å². The van der Waals surface area contributed by atoms with Crippen molar-refractivity contribution in [2.24, 2.45) is 5.10 Å². The summed E-state index contributed by atoms with van der Waals surface area (Å²) in [6, 6.07) is 6.45. The van der Waals surface area contributed by atoms with Crippen LogP contribution in [0.2, 0.25) is 0 Å². The molecule has 3 nitrogen and oxygen atoms in total. The molecule has 1 aromatic rings. The van der Waals surface area contributed by atoms with E-state index in [1.165, 1.54) is 24.2 Å². The summed E-state index contributed by atoms with van der Waals surface area (Å²) in [6.45, 7) is 0. The van der Waals surface area contributed by atoms with Crippen LogP contribution in [-0.2, 0) is 4.79 Å². The summed E-state index contributed by atoms with van der Waals surface area (Å²) in [7, 11) is 0. The van der Waals surface area contributed by atoms with Gasteiger partial charge in [0.05, 0.1) is 5.75 Å². The molecular formula is C14H17FN2OS. The lowest BCUT2D eigenvalue weighted by Gasteiger charge is -2.11. The molecule has 0 spiro atoms. The van der Waals surface area contributed by atoms with Gasteiger partial charge in [-0.2, -0.15) is 5.10 Å². The standard InChI is InChI=1S/C14H17FN2OS/c15-12-8-4-5-9-13(12)19-10-14(18)17-16-11-6-2-1-3-7-11/h4-5,8-9H,1-3,6-7,10H2,(H,17,18). The Bertz CT molecular complexity index is 468. The second-order valence-electron chi connectivity index (χ2n) is 4.49. The van der Waals surface area contributed by atoms with Gasteiger partial charge >= 0.3 is 0 Å². The first-order chi connectivity index (χ1) is 9.25. The average molecular weight is 280 g/mol. The van der Waals surface area contributed by atoms with Crippen LogP contribution in [0, 0.1) is 5.82 Å². The lowest BCUT2D eigenvalue weighted by atomic mass is 9.99. The molecular weight excluding hydrogens is 263 g/mol. The SMILES string of the molecule is O=C(CSc1ccccc1F)NN=C1CCCCC1. The van der Waals surface area contributed by atoms with E-state index < -0.39 is 0 Å². The highest BCUT2D eigenvalue weighted by atomic mass is 32.2. The van der Waals surface area contributed by atoms with Gasteiger partial charge in [-0.25, -0.2) is 9.82 Å². The normalized spacial score (nSPS) is 15.1. The first-order valence-electron chi connectivity index (χ1n) is 6.47. The maximum Gasteiger partial charge on any atom is 0.250 e. The van der Waals surface area contributed by atoms with Crippen LogP contribution in [0.4, 0.5) is 4.39 Å². The minimum atomic E-state index is -0.293. The maximum atomic E-state index is 13.3. The van der Waals surface area contributed by atoms with Gasteiger partial charge in [-0.15, -0.1) is 11.8 Å². The van der Waals surface area contributed by atoms with E-state index in [2.05, 4.69) is 10.5 Å². The fourth-order valence-corrected chi connectivity index (χ4v) is 2.68. The van der Waals surface area contributed by atoms with Gasteiger partial charge in [-0.1, -0.05) is 18.6 Å². The molecule has 1 saturated carbocycles. The molecule has 1 aromatic carbocycles. The number of hydrazone groups is 1. The number of halogens is 1. The molecule has 1 amide bonds. The summed E-state index contributed by atoms with van der Waals surface area (Å²) in [5.41, 5.74) is 3.61. The van der Waals surface area contributed by atoms with Crippen LogP contribution in [0.15, 0.2) is 34.3 Å². The lowest BCUT2D eigenvalue weighted by molar-refractivity contribution is -0.118. The number of nitrogens with one attached hydrogen (secondary N) is 1. The summed E-state index contributed by atoms with van der Waals surface area (Å²) >= 11 is 1.19. The molecule has 5 heteroatoms. The van der Waals surface area contributed by atoms with Gasteiger partial charge in [-0.3, -0.25) is 4.79 Å². The molecule has 0 aliphatic heterocycles. The van der Waals surface area contributed by atoms with E-state index in [9.17, 15) is 9.18 Å². The Morgan fingerprint density at radius 1 is 1.26 bits per heavy atom. The highest BCUT2D eigenvalue weighted by molar-refractivity contribution is 8.00. The molecule has 1 aliphatic carbocycles. The van der Waals surface area contributed by atoms with E-state index in [0.717, 1.165) is 31.4 Å². The van der Waals surface area contributed by atoms with E-state index in [4.69, 9.17) is 0 Å². The minimum Gasteiger partial charge on any atom is -0.272 e. The smallest absolute Gasteiger partial charge is 0.250 e. The minimum absolute atomic E-state index is 0.178. The number of carbonyl (C=O) groups excluding carboxylic acids is 1. The Morgan fingerprint density at radius 2 is 2.00 bits per heavy atom. The van der Waals surface area contributed by atoms with Crippen LogP contribution in [0.1, 0.15) is 32.1 Å². The number of rotatable bonds is 4. The van der Waals surface area contributed by atoms with E-state index in [1.54, 1.807) is 18.2 Å². The third-order valence-electron chi connectivity index (χ3n) is 2.96. The molecule has 1 aliphatic rings. The second kappa shape index (κ2) is 7.28. The molecule has 0 unspecified atom stereocenters. The molecule has 102 valence electrons. The third-order valence-corrected chi connectivity index (χ3v) is 4.01. The van der Waals surface area contributed by atoms with Crippen molar-refractivity contribution in [1.82, 2.24) is 5.43 Å². The predicted molar refractivity (Wildman–Crippen MR) is 75.8 cm³/mol. The molecule has 0 atom stereocenters. The van der Waals surface area contributed by atoms with Gasteiger partial charge in [0.15, 0.2) is 0 Å². The quantitative estimate of drug-likeness (QED) is 0.679. The van der Waals surface area contributed by atoms with Gasteiger partial charge in [0, 0.05) is 10.6 Å². The van der Waals surface area contributed by atoms with Crippen molar-refractivity contribution in [3.63, 3.8) is 0 Å². The lowest BCUT2D eigenvalue weighted by Crippen LogP contribution is -2.22. The first kappa shape index (κ1) is 14.1. The molecule has 0 bridgehead atoms. The molecule has 1 N–H and O–H groups in total. The number of hydrogen-bond donors (Lipinski definition) is 1. The molecule has 0 radical (unpaired) electrons. The number of thioether (sulfide) groups is 1. The van der Waals surface area contributed by atoms with E-state index in [1.807, 2.05) is 0 Å². The Labute approximate surface area is 116 Å². The van der Waals surface area contributed by atoms with Crippen LogP contribution < -0.4 is 5.43 Å².